The summed E-state index contributed by atoms with van der Waals surface area (Å²) in [6.45, 7) is 3.83. The molecular formula is C14H15N5O. The number of benzene rings is 1. The molecule has 6 nitrogen and oxygen atoms in total. The maximum Gasteiger partial charge on any atom is 0.248 e. The summed E-state index contributed by atoms with van der Waals surface area (Å²) in [6.07, 6.45) is 8.35. The van der Waals surface area contributed by atoms with Crippen LogP contribution in [0.5, 0.6) is 0 Å². The van der Waals surface area contributed by atoms with Crippen molar-refractivity contribution in [2.45, 2.75) is 13.8 Å². The lowest BCUT2D eigenvalue weighted by atomic mass is 10.2. The molecule has 20 heavy (non-hydrogen) atoms. The first-order valence-electron chi connectivity index (χ1n) is 6.15. The molecule has 6 heteroatoms. The number of carbonyl (C=O) groups is 1. The Bertz CT molecular complexity index is 644. The maximum atomic E-state index is 11.6. The summed E-state index contributed by atoms with van der Waals surface area (Å²) >= 11 is 0. The van der Waals surface area contributed by atoms with Crippen LogP contribution in [0, 0.1) is 6.92 Å². The molecule has 0 saturated heterocycles. The number of tetrazole rings is 1. The number of rotatable bonds is 4. The fourth-order valence-corrected chi connectivity index (χ4v) is 1.70. The van der Waals surface area contributed by atoms with Crippen molar-refractivity contribution in [2.24, 2.45) is 0 Å². The van der Waals surface area contributed by atoms with Gasteiger partial charge < -0.3 is 5.32 Å². The van der Waals surface area contributed by atoms with Gasteiger partial charge in [0.25, 0.3) is 0 Å². The fourth-order valence-electron chi connectivity index (χ4n) is 1.70. The van der Waals surface area contributed by atoms with Crippen molar-refractivity contribution in [1.82, 2.24) is 20.2 Å². The number of aromatic nitrogens is 4. The lowest BCUT2D eigenvalue weighted by Crippen LogP contribution is -2.08. The van der Waals surface area contributed by atoms with Gasteiger partial charge in [-0.1, -0.05) is 18.2 Å². The highest BCUT2D eigenvalue weighted by Crippen LogP contribution is 2.17. The molecule has 0 atom stereocenters. The smallest absolute Gasteiger partial charge is 0.248 e. The first kappa shape index (κ1) is 13.7. The second kappa shape index (κ2) is 6.42. The van der Waals surface area contributed by atoms with E-state index in [4.69, 9.17) is 0 Å². The SMILES string of the molecule is CC=CC=CC(=O)Nc1ccc(-n2cnnn2)c(C)c1. The average molecular weight is 269 g/mol. The third kappa shape index (κ3) is 3.38. The van der Waals surface area contributed by atoms with Gasteiger partial charge in [0.15, 0.2) is 0 Å². The standard InChI is InChI=1S/C14H15N5O/c1-3-4-5-6-14(20)16-12-7-8-13(11(2)9-12)19-10-15-17-18-19/h3-10H,1-2H3,(H,16,20). The number of aryl methyl sites for hydroxylation is 1. The predicted molar refractivity (Wildman–Crippen MR) is 76.5 cm³/mol. The Morgan fingerprint density at radius 2 is 2.20 bits per heavy atom. The molecule has 1 heterocycles. The van der Waals surface area contributed by atoms with Crippen LogP contribution in [0.2, 0.25) is 0 Å². The second-order valence-corrected chi connectivity index (χ2v) is 4.13. The maximum absolute atomic E-state index is 11.6. The second-order valence-electron chi connectivity index (χ2n) is 4.13. The third-order valence-electron chi connectivity index (χ3n) is 2.61. The van der Waals surface area contributed by atoms with Crippen LogP contribution in [0.3, 0.4) is 0 Å². The number of carbonyl (C=O) groups excluding carboxylic acids is 1. The number of hydrogen-bond acceptors (Lipinski definition) is 4. The number of amides is 1. The van der Waals surface area contributed by atoms with Crippen molar-refractivity contribution in [3.8, 4) is 5.69 Å². The molecule has 1 amide bonds. The van der Waals surface area contributed by atoms with Crippen LogP contribution >= 0.6 is 0 Å². The minimum Gasteiger partial charge on any atom is -0.323 e. The van der Waals surface area contributed by atoms with Crippen LogP contribution in [-0.4, -0.2) is 26.1 Å². The Morgan fingerprint density at radius 1 is 1.35 bits per heavy atom. The molecule has 0 unspecified atom stereocenters. The van der Waals surface area contributed by atoms with Crippen LogP contribution in [0.4, 0.5) is 5.69 Å². The minimum absolute atomic E-state index is 0.169. The van der Waals surface area contributed by atoms with Gasteiger partial charge in [-0.3, -0.25) is 4.79 Å². The fraction of sp³-hybridized carbons (Fsp3) is 0.143. The lowest BCUT2D eigenvalue weighted by Gasteiger charge is -2.07. The summed E-state index contributed by atoms with van der Waals surface area (Å²) < 4.78 is 1.58. The van der Waals surface area contributed by atoms with E-state index in [1.807, 2.05) is 38.1 Å². The van der Waals surface area contributed by atoms with Crippen molar-refractivity contribution in [3.05, 3.63) is 54.4 Å². The Morgan fingerprint density at radius 3 is 2.85 bits per heavy atom. The molecule has 1 N–H and O–H groups in total. The van der Waals surface area contributed by atoms with Gasteiger partial charge >= 0.3 is 0 Å². The molecule has 0 aliphatic carbocycles. The normalized spacial score (nSPS) is 11.3. The summed E-state index contributed by atoms with van der Waals surface area (Å²) in [6, 6.07) is 5.54. The minimum atomic E-state index is -0.169. The Kier molecular flexibility index (Phi) is 4.39. The molecule has 0 saturated carbocycles. The van der Waals surface area contributed by atoms with E-state index in [-0.39, 0.29) is 5.91 Å². The number of hydrogen-bond donors (Lipinski definition) is 1. The molecule has 0 aliphatic heterocycles. The first-order chi connectivity index (χ1) is 9.70. The van der Waals surface area contributed by atoms with Gasteiger partial charge in [0.05, 0.1) is 5.69 Å². The molecule has 102 valence electrons. The third-order valence-corrected chi connectivity index (χ3v) is 2.61. The summed E-state index contributed by atoms with van der Waals surface area (Å²) in [5.74, 6) is -0.169. The highest BCUT2D eigenvalue weighted by atomic mass is 16.1. The highest BCUT2D eigenvalue weighted by molar-refractivity contribution is 5.99. The quantitative estimate of drug-likeness (QED) is 0.681. The molecule has 0 spiro atoms. The van der Waals surface area contributed by atoms with E-state index in [0.717, 1.165) is 16.9 Å². The van der Waals surface area contributed by atoms with E-state index in [0.29, 0.717) is 0 Å². The van der Waals surface area contributed by atoms with Gasteiger partial charge in [-0.25, -0.2) is 4.68 Å². The summed E-state index contributed by atoms with van der Waals surface area (Å²) in [7, 11) is 0. The van der Waals surface area contributed by atoms with Gasteiger partial charge in [0.2, 0.25) is 5.91 Å². The van der Waals surface area contributed by atoms with Crippen LogP contribution in [0.25, 0.3) is 5.69 Å². The zero-order chi connectivity index (χ0) is 14.4. The topological polar surface area (TPSA) is 72.7 Å². The molecule has 0 fully saturated rings. The van der Waals surface area contributed by atoms with Crippen molar-refractivity contribution in [3.63, 3.8) is 0 Å². The van der Waals surface area contributed by atoms with E-state index in [1.54, 1.807) is 16.8 Å². The zero-order valence-electron chi connectivity index (χ0n) is 11.3. The zero-order valence-corrected chi connectivity index (χ0v) is 11.3. The molecule has 0 aliphatic rings. The van der Waals surface area contributed by atoms with Crippen molar-refractivity contribution >= 4 is 11.6 Å². The van der Waals surface area contributed by atoms with E-state index in [2.05, 4.69) is 20.8 Å². The molecule has 2 rings (SSSR count). The van der Waals surface area contributed by atoms with Gasteiger partial charge in [0, 0.05) is 11.8 Å². The molecule has 1 aromatic heterocycles. The van der Waals surface area contributed by atoms with Gasteiger partial charge in [-0.05, 0) is 48.0 Å². The van der Waals surface area contributed by atoms with Crippen molar-refractivity contribution in [1.29, 1.82) is 0 Å². The molecular weight excluding hydrogens is 254 g/mol. The lowest BCUT2D eigenvalue weighted by molar-refractivity contribution is -0.111. The van der Waals surface area contributed by atoms with E-state index in [1.165, 1.54) is 12.4 Å². The van der Waals surface area contributed by atoms with Crippen molar-refractivity contribution in [2.75, 3.05) is 5.32 Å². The largest absolute Gasteiger partial charge is 0.323 e. The average Bonchev–Trinajstić information content (AvgIpc) is 2.93. The Balaban J connectivity index is 2.12. The van der Waals surface area contributed by atoms with Crippen LogP contribution < -0.4 is 5.32 Å². The number of allylic oxidation sites excluding steroid dienone is 3. The molecule has 2 aromatic rings. The molecule has 1 aromatic carbocycles. The molecule has 0 bridgehead atoms. The van der Waals surface area contributed by atoms with Gasteiger partial charge in [-0.2, -0.15) is 0 Å². The van der Waals surface area contributed by atoms with Gasteiger partial charge in [-0.15, -0.1) is 5.10 Å². The summed E-state index contributed by atoms with van der Waals surface area (Å²) in [5, 5.41) is 13.8. The van der Waals surface area contributed by atoms with Crippen molar-refractivity contribution < 1.29 is 4.79 Å². The van der Waals surface area contributed by atoms with E-state index in [9.17, 15) is 4.79 Å². The summed E-state index contributed by atoms with van der Waals surface area (Å²) in [5.41, 5.74) is 2.57. The number of anilines is 1. The van der Waals surface area contributed by atoms with Gasteiger partial charge in [0.1, 0.15) is 6.33 Å². The number of nitrogens with zero attached hydrogens (tertiary/aromatic N) is 4. The molecule has 0 radical (unpaired) electrons. The Labute approximate surface area is 116 Å². The summed E-state index contributed by atoms with van der Waals surface area (Å²) in [4.78, 5) is 11.6. The number of nitrogens with one attached hydrogen (secondary N) is 1. The highest BCUT2D eigenvalue weighted by Gasteiger charge is 2.04. The predicted octanol–water partition coefficient (Wildman–Crippen LogP) is 2.04. The van der Waals surface area contributed by atoms with E-state index >= 15 is 0 Å². The van der Waals surface area contributed by atoms with E-state index < -0.39 is 0 Å². The monoisotopic (exact) mass is 269 g/mol. The Hall–Kier alpha value is -2.76. The van der Waals surface area contributed by atoms with Crippen LogP contribution in [0.15, 0.2) is 48.8 Å². The van der Waals surface area contributed by atoms with Crippen LogP contribution in [0.1, 0.15) is 12.5 Å². The first-order valence-corrected chi connectivity index (χ1v) is 6.15. The van der Waals surface area contributed by atoms with Crippen LogP contribution in [-0.2, 0) is 4.79 Å².